The Labute approximate surface area is 116 Å². The summed E-state index contributed by atoms with van der Waals surface area (Å²) in [5, 5.41) is 0. The van der Waals surface area contributed by atoms with Crippen molar-refractivity contribution in [3.8, 4) is 0 Å². The Hall–Kier alpha value is -0.960. The van der Waals surface area contributed by atoms with Gasteiger partial charge in [0.05, 0.1) is 13.7 Å². The Morgan fingerprint density at radius 1 is 1.26 bits per heavy atom. The molecule has 0 heterocycles. The number of hydrogen-bond donors (Lipinski definition) is 0. The fraction of sp³-hybridized carbons (Fsp3) is 0.500. The zero-order valence-corrected chi connectivity index (χ0v) is 12.7. The van der Waals surface area contributed by atoms with E-state index in [2.05, 4.69) is 0 Å². The van der Waals surface area contributed by atoms with Crippen molar-refractivity contribution < 1.29 is 18.6 Å². The molecule has 0 spiro atoms. The second kappa shape index (κ2) is 8.26. The molecule has 2 atom stereocenters. The van der Waals surface area contributed by atoms with Crippen LogP contribution in [0.4, 0.5) is 0 Å². The van der Waals surface area contributed by atoms with Crippen LogP contribution in [0.2, 0.25) is 0 Å². The molecule has 1 aromatic carbocycles. The van der Waals surface area contributed by atoms with Crippen LogP contribution in [0.25, 0.3) is 0 Å². The van der Waals surface area contributed by atoms with Crippen molar-refractivity contribution in [1.82, 2.24) is 0 Å². The lowest BCUT2D eigenvalue weighted by molar-refractivity contribution is -0.150. The van der Waals surface area contributed by atoms with Crippen LogP contribution in [-0.2, 0) is 25.2 Å². The van der Waals surface area contributed by atoms with Gasteiger partial charge in [0.15, 0.2) is 14.5 Å². The highest BCUT2D eigenvalue weighted by molar-refractivity contribution is 7.46. The summed E-state index contributed by atoms with van der Waals surface area (Å²) in [5.74, 6) is -0.301. The molecule has 0 saturated carbocycles. The first-order valence-electron chi connectivity index (χ1n) is 6.19. The van der Waals surface area contributed by atoms with E-state index < -0.39 is 14.5 Å². The molecule has 0 bridgehead atoms. The molecular formula is C14H21O4P. The summed E-state index contributed by atoms with van der Waals surface area (Å²) < 4.78 is 16.0. The normalized spacial score (nSPS) is 14.2. The molecule has 1 rings (SSSR count). The lowest BCUT2D eigenvalue weighted by Gasteiger charge is -2.22. The molecular weight excluding hydrogens is 263 g/mol. The van der Waals surface area contributed by atoms with Gasteiger partial charge in [-0.25, -0.2) is 4.79 Å². The number of esters is 1. The smallest absolute Gasteiger partial charge is 0.335 e. The van der Waals surface area contributed by atoms with Gasteiger partial charge >= 0.3 is 5.97 Å². The van der Waals surface area contributed by atoms with Gasteiger partial charge in [-0.2, -0.15) is 0 Å². The van der Waals surface area contributed by atoms with E-state index in [4.69, 9.17) is 13.8 Å². The summed E-state index contributed by atoms with van der Waals surface area (Å²) in [6.45, 7) is 6.16. The molecule has 0 aromatic heterocycles. The number of benzene rings is 1. The minimum atomic E-state index is -1.12. The van der Waals surface area contributed by atoms with Gasteiger partial charge in [0.1, 0.15) is 0 Å². The van der Waals surface area contributed by atoms with E-state index in [1.807, 2.05) is 50.8 Å². The highest BCUT2D eigenvalue weighted by atomic mass is 31.2. The largest absolute Gasteiger partial charge is 0.467 e. The molecule has 0 radical (unpaired) electrons. The second-order valence-corrected chi connectivity index (χ2v) is 5.84. The Balaban J connectivity index is 2.44. The predicted octanol–water partition coefficient (Wildman–Crippen LogP) is 3.36. The number of rotatable bonds is 7. The van der Waals surface area contributed by atoms with Crippen molar-refractivity contribution in [2.24, 2.45) is 5.92 Å². The van der Waals surface area contributed by atoms with Crippen LogP contribution in [-0.4, -0.2) is 25.8 Å². The van der Waals surface area contributed by atoms with Crippen molar-refractivity contribution in [3.63, 3.8) is 0 Å². The molecule has 0 amide bonds. The summed E-state index contributed by atoms with van der Waals surface area (Å²) in [7, 11) is 0.250. The van der Waals surface area contributed by atoms with Crippen LogP contribution in [0, 0.1) is 5.92 Å². The first-order chi connectivity index (χ1) is 9.04. The summed E-state index contributed by atoms with van der Waals surface area (Å²) in [4.78, 5) is 11.6. The summed E-state index contributed by atoms with van der Waals surface area (Å²) in [6.07, 6.45) is -0.572. The van der Waals surface area contributed by atoms with Crippen LogP contribution in [0.15, 0.2) is 30.3 Å². The molecule has 0 aliphatic carbocycles. The maximum absolute atomic E-state index is 11.6. The zero-order valence-electron chi connectivity index (χ0n) is 11.8. The molecule has 0 fully saturated rings. The SMILES string of the molecule is COC(=O)[C@@H](OP(C)OCc1ccccc1)C(C)C. The fourth-order valence-corrected chi connectivity index (χ4v) is 2.52. The van der Waals surface area contributed by atoms with Crippen LogP contribution in [0.3, 0.4) is 0 Å². The quantitative estimate of drug-likeness (QED) is 0.569. The van der Waals surface area contributed by atoms with Crippen LogP contribution in [0.5, 0.6) is 0 Å². The van der Waals surface area contributed by atoms with Crippen molar-refractivity contribution in [3.05, 3.63) is 35.9 Å². The maximum atomic E-state index is 11.6. The van der Waals surface area contributed by atoms with Gasteiger partial charge in [0, 0.05) is 6.66 Å². The standard InChI is InChI=1S/C14H21O4P/c1-11(2)13(14(15)16-3)18-19(4)17-10-12-8-6-5-7-9-12/h5-9,11,13H,10H2,1-4H3/t13-,19?/m0/s1. The van der Waals surface area contributed by atoms with Crippen molar-refractivity contribution in [2.75, 3.05) is 13.8 Å². The Kier molecular flexibility index (Phi) is 7.00. The third-order valence-electron chi connectivity index (χ3n) is 2.56. The lowest BCUT2D eigenvalue weighted by atomic mass is 10.1. The second-order valence-electron chi connectivity index (χ2n) is 4.49. The van der Waals surface area contributed by atoms with Crippen LogP contribution in [0.1, 0.15) is 19.4 Å². The highest BCUT2D eigenvalue weighted by Crippen LogP contribution is 2.38. The van der Waals surface area contributed by atoms with Gasteiger partial charge in [-0.15, -0.1) is 0 Å². The van der Waals surface area contributed by atoms with Gasteiger partial charge in [-0.1, -0.05) is 44.2 Å². The number of ether oxygens (including phenoxy) is 1. The molecule has 106 valence electrons. The molecule has 4 nitrogen and oxygen atoms in total. The fourth-order valence-electron chi connectivity index (χ4n) is 1.48. The van der Waals surface area contributed by atoms with Gasteiger partial charge in [-0.05, 0) is 11.5 Å². The molecule has 0 N–H and O–H groups in total. The van der Waals surface area contributed by atoms with E-state index in [0.717, 1.165) is 5.56 Å². The average Bonchev–Trinajstić information content (AvgIpc) is 2.42. The molecule has 19 heavy (non-hydrogen) atoms. The van der Waals surface area contributed by atoms with Gasteiger partial charge in [0.25, 0.3) is 0 Å². The summed E-state index contributed by atoms with van der Waals surface area (Å²) in [6, 6.07) is 9.86. The van der Waals surface area contributed by atoms with Gasteiger partial charge < -0.3 is 13.8 Å². The minimum Gasteiger partial charge on any atom is -0.467 e. The number of methoxy groups -OCH3 is 1. The van der Waals surface area contributed by atoms with Crippen molar-refractivity contribution in [1.29, 1.82) is 0 Å². The van der Waals surface area contributed by atoms with E-state index in [0.29, 0.717) is 6.61 Å². The third kappa shape index (κ3) is 5.68. The number of hydrogen-bond acceptors (Lipinski definition) is 4. The minimum absolute atomic E-state index is 0.0534. The van der Waals surface area contributed by atoms with E-state index in [1.54, 1.807) is 0 Å². The summed E-state index contributed by atoms with van der Waals surface area (Å²) >= 11 is 0. The zero-order chi connectivity index (χ0) is 14.3. The Bertz CT molecular complexity index is 380. The van der Waals surface area contributed by atoms with E-state index in [9.17, 15) is 4.79 Å². The van der Waals surface area contributed by atoms with Crippen molar-refractivity contribution in [2.45, 2.75) is 26.6 Å². The number of carbonyl (C=O) groups is 1. The summed E-state index contributed by atoms with van der Waals surface area (Å²) in [5.41, 5.74) is 1.08. The van der Waals surface area contributed by atoms with Crippen LogP contribution >= 0.6 is 8.38 Å². The lowest BCUT2D eigenvalue weighted by Crippen LogP contribution is -2.29. The molecule has 0 aliphatic heterocycles. The molecule has 5 heteroatoms. The monoisotopic (exact) mass is 284 g/mol. The van der Waals surface area contributed by atoms with E-state index in [1.165, 1.54) is 7.11 Å². The van der Waals surface area contributed by atoms with Crippen LogP contribution < -0.4 is 0 Å². The molecule has 1 aromatic rings. The van der Waals surface area contributed by atoms with E-state index in [-0.39, 0.29) is 11.9 Å². The average molecular weight is 284 g/mol. The first kappa shape index (κ1) is 16.1. The topological polar surface area (TPSA) is 44.8 Å². The molecule has 1 unspecified atom stereocenters. The van der Waals surface area contributed by atoms with E-state index >= 15 is 0 Å². The maximum Gasteiger partial charge on any atom is 0.335 e. The van der Waals surface area contributed by atoms with Gasteiger partial charge in [-0.3, -0.25) is 0 Å². The molecule has 0 aliphatic rings. The highest BCUT2D eigenvalue weighted by Gasteiger charge is 2.26. The van der Waals surface area contributed by atoms with Gasteiger partial charge in [0.2, 0.25) is 0 Å². The predicted molar refractivity (Wildman–Crippen MR) is 75.8 cm³/mol. The Morgan fingerprint density at radius 2 is 1.89 bits per heavy atom. The Morgan fingerprint density at radius 3 is 2.42 bits per heavy atom. The number of carbonyl (C=O) groups excluding carboxylic acids is 1. The first-order valence-corrected chi connectivity index (χ1v) is 7.82. The third-order valence-corrected chi connectivity index (χ3v) is 3.57. The molecule has 0 saturated heterocycles. The van der Waals surface area contributed by atoms with Crippen molar-refractivity contribution >= 4 is 14.3 Å².